The van der Waals surface area contributed by atoms with E-state index in [0.717, 1.165) is 0 Å². The van der Waals surface area contributed by atoms with Gasteiger partial charge >= 0.3 is 35.6 Å². The van der Waals surface area contributed by atoms with E-state index in [2.05, 4.69) is 140 Å². The molecule has 0 aliphatic heterocycles. The van der Waals surface area contributed by atoms with Gasteiger partial charge in [-0.05, 0) is 18.5 Å². The molecule has 0 heterocycles. The number of halogens is 2. The van der Waals surface area contributed by atoms with Crippen LogP contribution in [0.2, 0.25) is 0 Å². The summed E-state index contributed by atoms with van der Waals surface area (Å²) < 4.78 is 0. The van der Waals surface area contributed by atoms with Crippen molar-refractivity contribution in [3.05, 3.63) is 139 Å². The van der Waals surface area contributed by atoms with Crippen LogP contribution in [-0.4, -0.2) is 0 Å². The molecule has 0 saturated carbocycles. The maximum atomic E-state index is 4.89. The van der Waals surface area contributed by atoms with Crippen molar-refractivity contribution < 1.29 is 17.0 Å². The van der Waals surface area contributed by atoms with Crippen molar-refractivity contribution in [2.24, 2.45) is 0 Å². The summed E-state index contributed by atoms with van der Waals surface area (Å²) >= 11 is -0.556. The van der Waals surface area contributed by atoms with E-state index in [0.29, 0.717) is 0 Å². The second-order valence-electron chi connectivity index (χ2n) is 8.08. The molecule has 0 aromatic heterocycles. The topological polar surface area (TPSA) is 0 Å². The Morgan fingerprint density at radius 2 is 1.00 bits per heavy atom. The summed E-state index contributed by atoms with van der Waals surface area (Å²) in [5.41, 5.74) is 1.35. The fourth-order valence-electron chi connectivity index (χ4n) is 4.17. The summed E-state index contributed by atoms with van der Waals surface area (Å²) in [6.07, 6.45) is 0. The molecular formula is C31H25Cl2PTi-2. The van der Waals surface area contributed by atoms with Gasteiger partial charge in [0.25, 0.3) is 0 Å². The summed E-state index contributed by atoms with van der Waals surface area (Å²) in [5.74, 6) is 0. The SMILES string of the molecule is Cc1cc2ccccc2[cH-]1.[Cl][Ti][Cl].c1ccc(P(c2ccccc2)c2cc3ccccc3[cH-]2)cc1. The molecule has 4 heteroatoms. The summed E-state index contributed by atoms with van der Waals surface area (Å²) in [6.45, 7) is 2.12. The second-order valence-corrected chi connectivity index (χ2v) is 12.9. The number of aryl methyl sites for hydroxylation is 1. The van der Waals surface area contributed by atoms with E-state index >= 15 is 0 Å². The largest absolute Gasteiger partial charge is 0.160 e. The first-order valence-electron chi connectivity index (χ1n) is 11.3. The average Bonchev–Trinajstić information content (AvgIpc) is 3.49. The Bertz CT molecular complexity index is 1350. The van der Waals surface area contributed by atoms with Gasteiger partial charge in [0.2, 0.25) is 0 Å². The third-order valence-electron chi connectivity index (χ3n) is 5.65. The fraction of sp³-hybridized carbons (Fsp3) is 0.0323. The zero-order valence-electron chi connectivity index (χ0n) is 19.4. The minimum atomic E-state index is -0.556. The molecule has 174 valence electrons. The number of benzene rings is 4. The minimum Gasteiger partial charge on any atom is -0.160 e. The van der Waals surface area contributed by atoms with E-state index in [1.807, 2.05) is 0 Å². The van der Waals surface area contributed by atoms with E-state index in [9.17, 15) is 0 Å². The Hall–Kier alpha value is -2.18. The Kier molecular flexibility index (Phi) is 9.78. The van der Waals surface area contributed by atoms with Gasteiger partial charge < -0.3 is 0 Å². The quantitative estimate of drug-likeness (QED) is 0.118. The third-order valence-corrected chi connectivity index (χ3v) is 8.06. The van der Waals surface area contributed by atoms with Crippen LogP contribution in [0.3, 0.4) is 0 Å². The molecule has 6 aromatic rings. The number of rotatable bonds is 3. The Morgan fingerprint density at radius 1 is 0.571 bits per heavy atom. The number of hydrogen-bond acceptors (Lipinski definition) is 0. The molecule has 0 unspecified atom stereocenters. The zero-order valence-corrected chi connectivity index (χ0v) is 23.4. The molecule has 0 aliphatic carbocycles. The van der Waals surface area contributed by atoms with Gasteiger partial charge in [-0.2, -0.15) is 12.1 Å². The molecule has 0 atom stereocenters. The van der Waals surface area contributed by atoms with E-state index < -0.39 is 25.0 Å². The summed E-state index contributed by atoms with van der Waals surface area (Å²) in [7, 11) is 9.28. The van der Waals surface area contributed by atoms with Crippen LogP contribution < -0.4 is 15.9 Å². The standard InChI is InChI=1S/C21H16P.C10H9.2ClH.Ti/c1-3-11-19(12-4-1)22(20-13-5-2-6-14-20)21-15-17-9-7-8-10-18(17)16-21;1-8-6-9-4-2-3-5-10(9)7-8;;;/h1-16H;2-7H,1H3;2*1H;/q2*-1;;;+2/p-2. The predicted octanol–water partition coefficient (Wildman–Crippen LogP) is 8.56. The molecule has 0 nitrogen and oxygen atoms in total. The van der Waals surface area contributed by atoms with Crippen LogP contribution in [0.1, 0.15) is 5.56 Å². The van der Waals surface area contributed by atoms with Crippen molar-refractivity contribution in [3.8, 4) is 0 Å². The van der Waals surface area contributed by atoms with Crippen LogP contribution in [0, 0.1) is 6.92 Å². The van der Waals surface area contributed by atoms with Gasteiger partial charge in [0, 0.05) is 0 Å². The Balaban J connectivity index is 0.000000184. The van der Waals surface area contributed by atoms with Crippen molar-refractivity contribution in [1.29, 1.82) is 0 Å². The van der Waals surface area contributed by atoms with E-state index in [-0.39, 0.29) is 0 Å². The normalized spacial score (nSPS) is 10.4. The first kappa shape index (κ1) is 25.9. The number of fused-ring (bicyclic) bond motifs is 2. The van der Waals surface area contributed by atoms with Gasteiger partial charge in [-0.15, -0.1) is 80.9 Å². The third kappa shape index (κ3) is 6.95. The molecule has 0 amide bonds. The smallest absolute Gasteiger partial charge is 0.0166 e. The van der Waals surface area contributed by atoms with Crippen LogP contribution >= 0.6 is 26.5 Å². The predicted molar refractivity (Wildman–Crippen MR) is 154 cm³/mol. The molecule has 6 aromatic carbocycles. The average molecular weight is 547 g/mol. The molecule has 0 fully saturated rings. The minimum absolute atomic E-state index is 0.493. The van der Waals surface area contributed by atoms with Crippen molar-refractivity contribution in [2.45, 2.75) is 6.92 Å². The second kappa shape index (κ2) is 13.2. The molecule has 35 heavy (non-hydrogen) atoms. The van der Waals surface area contributed by atoms with E-state index in [1.165, 1.54) is 43.0 Å². The maximum absolute atomic E-state index is 4.89. The number of hydrogen-bond donors (Lipinski definition) is 0. The van der Waals surface area contributed by atoms with Crippen LogP contribution in [0.15, 0.2) is 133 Å². The summed E-state index contributed by atoms with van der Waals surface area (Å²) in [5, 5.41) is 9.58. The Labute approximate surface area is 225 Å². The molecule has 0 N–H and O–H groups in total. The van der Waals surface area contributed by atoms with Crippen LogP contribution in [0.4, 0.5) is 0 Å². The van der Waals surface area contributed by atoms with Crippen molar-refractivity contribution >= 4 is 64.0 Å². The molecule has 6 rings (SSSR count). The van der Waals surface area contributed by atoms with Crippen molar-refractivity contribution in [1.82, 2.24) is 0 Å². The molecule has 0 saturated heterocycles. The van der Waals surface area contributed by atoms with Gasteiger partial charge in [-0.3, -0.25) is 0 Å². The van der Waals surface area contributed by atoms with Gasteiger partial charge in [0.05, 0.1) is 0 Å². The van der Waals surface area contributed by atoms with Crippen LogP contribution in [0.25, 0.3) is 21.5 Å². The van der Waals surface area contributed by atoms with Gasteiger partial charge in [-0.25, -0.2) is 0 Å². The zero-order chi connectivity index (χ0) is 24.5. The van der Waals surface area contributed by atoms with Gasteiger partial charge in [0.15, 0.2) is 0 Å². The monoisotopic (exact) mass is 546 g/mol. The van der Waals surface area contributed by atoms with Gasteiger partial charge in [-0.1, -0.05) is 79.7 Å². The fourth-order valence-corrected chi connectivity index (χ4v) is 6.54. The van der Waals surface area contributed by atoms with Crippen LogP contribution in [0.5, 0.6) is 0 Å². The van der Waals surface area contributed by atoms with E-state index in [4.69, 9.17) is 18.6 Å². The molecule has 0 aliphatic rings. The van der Waals surface area contributed by atoms with Crippen molar-refractivity contribution in [2.75, 3.05) is 0 Å². The Morgan fingerprint density at radius 3 is 1.49 bits per heavy atom. The molecule has 0 radical (unpaired) electrons. The summed E-state index contributed by atoms with van der Waals surface area (Å²) in [4.78, 5) is 0. The molecule has 0 bridgehead atoms. The first-order valence-corrected chi connectivity index (χ1v) is 17.0. The molecular weight excluding hydrogens is 522 g/mol. The van der Waals surface area contributed by atoms with Crippen LogP contribution in [-0.2, 0) is 17.0 Å². The first-order chi connectivity index (χ1) is 17.2. The molecule has 0 spiro atoms. The van der Waals surface area contributed by atoms with E-state index in [1.54, 1.807) is 0 Å². The maximum Gasteiger partial charge on any atom is -0.0166 e. The van der Waals surface area contributed by atoms with Crippen molar-refractivity contribution in [3.63, 3.8) is 0 Å². The van der Waals surface area contributed by atoms with Gasteiger partial charge in [0.1, 0.15) is 0 Å². The summed E-state index contributed by atoms with van der Waals surface area (Å²) in [6, 6.07) is 47.8.